The fourth-order valence-electron chi connectivity index (χ4n) is 3.05. The maximum Gasteiger partial charge on any atom is 0.407 e. The van der Waals surface area contributed by atoms with E-state index in [9.17, 15) is 14.9 Å². The second-order valence-corrected chi connectivity index (χ2v) is 7.31. The summed E-state index contributed by atoms with van der Waals surface area (Å²) in [6.45, 7) is 5.11. The van der Waals surface area contributed by atoms with E-state index in [4.69, 9.17) is 14.9 Å². The van der Waals surface area contributed by atoms with Crippen molar-refractivity contribution in [2.45, 2.75) is 52.0 Å². The van der Waals surface area contributed by atoms with E-state index in [1.54, 1.807) is 0 Å². The predicted molar refractivity (Wildman–Crippen MR) is 107 cm³/mol. The molecule has 1 heterocycles. The molecular weight excluding hydrogens is 378 g/mol. The first-order valence-corrected chi connectivity index (χ1v) is 9.72. The molecule has 1 fully saturated rings. The van der Waals surface area contributed by atoms with Gasteiger partial charge in [0.1, 0.15) is 6.61 Å². The third kappa shape index (κ3) is 7.57. The van der Waals surface area contributed by atoms with Crippen LogP contribution in [0.25, 0.3) is 0 Å². The number of nitro groups is 1. The molecule has 3 N–H and O–H groups in total. The standard InChI is InChI=1S/C19H29N5O5/c1-14(2)10-12-28-17-16(9-6-11-23(17)18(20)22-24(26)27)21-19(25)29-13-15-7-4-3-5-8-15/h3-5,7-8,14,16-17H,6,9-13H2,1-2H3,(H2,20,22)(H,21,25)/t16-,17-/m0/s1. The summed E-state index contributed by atoms with van der Waals surface area (Å²) in [5, 5.41) is 20.7. The number of benzene rings is 1. The second-order valence-electron chi connectivity index (χ2n) is 7.31. The minimum atomic E-state index is -0.779. The summed E-state index contributed by atoms with van der Waals surface area (Å²) in [5.74, 6) is 0.0549. The quantitative estimate of drug-likeness (QED) is 0.261. The summed E-state index contributed by atoms with van der Waals surface area (Å²) in [7, 11) is 0. The zero-order chi connectivity index (χ0) is 21.2. The fourth-order valence-corrected chi connectivity index (χ4v) is 3.05. The van der Waals surface area contributed by atoms with Crippen molar-refractivity contribution in [2.24, 2.45) is 5.92 Å². The molecule has 10 heteroatoms. The van der Waals surface area contributed by atoms with Gasteiger partial charge in [-0.1, -0.05) is 49.6 Å². The van der Waals surface area contributed by atoms with Gasteiger partial charge >= 0.3 is 6.09 Å². The first kappa shape index (κ1) is 22.4. The Labute approximate surface area is 170 Å². The molecular formula is C19H29N5O5. The normalized spacial score (nSPS) is 18.9. The van der Waals surface area contributed by atoms with Crippen LogP contribution in [-0.4, -0.2) is 47.4 Å². The van der Waals surface area contributed by atoms with Gasteiger partial charge in [-0.05, 0) is 30.7 Å². The SMILES string of the molecule is CC(C)CCO[C@H]1[C@@H](NC(=O)OCc2ccccc2)CCCN1C(=N)N[N+](=O)[O-]. The number of alkyl carbamates (subject to hydrolysis) is 1. The Bertz CT molecular complexity index is 685. The van der Waals surface area contributed by atoms with Crippen molar-refractivity contribution < 1.29 is 19.3 Å². The first-order chi connectivity index (χ1) is 13.9. The number of hydrazine groups is 1. The number of hydrogen-bond acceptors (Lipinski definition) is 6. The molecule has 1 aromatic carbocycles. The van der Waals surface area contributed by atoms with E-state index in [0.29, 0.717) is 31.9 Å². The van der Waals surface area contributed by atoms with Crippen molar-refractivity contribution in [3.8, 4) is 0 Å². The Kier molecular flexibility index (Phi) is 8.66. The molecule has 0 aromatic heterocycles. The summed E-state index contributed by atoms with van der Waals surface area (Å²) >= 11 is 0. The van der Waals surface area contributed by atoms with Crippen LogP contribution in [0, 0.1) is 21.4 Å². The molecule has 0 unspecified atom stereocenters. The zero-order valence-corrected chi connectivity index (χ0v) is 16.8. The van der Waals surface area contributed by atoms with Crippen LogP contribution in [0.1, 0.15) is 38.7 Å². The van der Waals surface area contributed by atoms with Crippen LogP contribution in [0.15, 0.2) is 30.3 Å². The summed E-state index contributed by atoms with van der Waals surface area (Å²) in [6, 6.07) is 8.88. The van der Waals surface area contributed by atoms with Gasteiger partial charge in [0, 0.05) is 13.2 Å². The number of nitrogens with one attached hydrogen (secondary N) is 3. The average molecular weight is 407 g/mol. The highest BCUT2D eigenvalue weighted by Gasteiger charge is 2.36. The average Bonchev–Trinajstić information content (AvgIpc) is 2.67. The number of rotatable bonds is 8. The van der Waals surface area contributed by atoms with E-state index in [-0.39, 0.29) is 12.6 Å². The Morgan fingerprint density at radius 1 is 1.38 bits per heavy atom. The molecule has 160 valence electrons. The molecule has 0 radical (unpaired) electrons. The number of hydrogen-bond donors (Lipinski definition) is 3. The number of likely N-dealkylation sites (tertiary alicyclic amines) is 1. The third-order valence-corrected chi connectivity index (χ3v) is 4.55. The van der Waals surface area contributed by atoms with Crippen LogP contribution >= 0.6 is 0 Å². The lowest BCUT2D eigenvalue weighted by Gasteiger charge is -2.41. The van der Waals surface area contributed by atoms with Crippen LogP contribution in [-0.2, 0) is 16.1 Å². The number of nitrogens with zero attached hydrogens (tertiary/aromatic N) is 2. The molecule has 1 aromatic rings. The van der Waals surface area contributed by atoms with Gasteiger partial charge in [-0.3, -0.25) is 5.41 Å². The highest BCUT2D eigenvalue weighted by molar-refractivity contribution is 5.76. The van der Waals surface area contributed by atoms with Crippen molar-refractivity contribution >= 4 is 12.1 Å². The monoisotopic (exact) mass is 407 g/mol. The van der Waals surface area contributed by atoms with Crippen LogP contribution in [0.2, 0.25) is 0 Å². The van der Waals surface area contributed by atoms with Crippen LogP contribution in [0.4, 0.5) is 4.79 Å². The molecule has 10 nitrogen and oxygen atoms in total. The lowest BCUT2D eigenvalue weighted by molar-refractivity contribution is -0.527. The molecule has 2 atom stereocenters. The molecule has 0 spiro atoms. The molecule has 1 amide bonds. The molecule has 0 saturated carbocycles. The van der Waals surface area contributed by atoms with Gasteiger partial charge in [0.2, 0.25) is 0 Å². The number of ether oxygens (including phenoxy) is 2. The minimum absolute atomic E-state index is 0.140. The molecule has 0 bridgehead atoms. The highest BCUT2D eigenvalue weighted by atomic mass is 16.7. The van der Waals surface area contributed by atoms with E-state index in [1.807, 2.05) is 35.8 Å². The van der Waals surface area contributed by atoms with Gasteiger partial charge in [0.15, 0.2) is 11.3 Å². The number of guanidine groups is 1. The Hall–Kier alpha value is -2.88. The van der Waals surface area contributed by atoms with Crippen molar-refractivity contribution in [3.05, 3.63) is 46.0 Å². The molecule has 1 saturated heterocycles. The van der Waals surface area contributed by atoms with Gasteiger partial charge in [-0.25, -0.2) is 14.9 Å². The lowest BCUT2D eigenvalue weighted by atomic mass is 10.0. The fraction of sp³-hybridized carbons (Fsp3) is 0.579. The molecule has 0 aliphatic carbocycles. The Morgan fingerprint density at radius 2 is 2.10 bits per heavy atom. The molecule has 1 aliphatic rings. The maximum atomic E-state index is 12.3. The smallest absolute Gasteiger partial charge is 0.407 e. The first-order valence-electron chi connectivity index (χ1n) is 9.72. The van der Waals surface area contributed by atoms with Crippen molar-refractivity contribution in [2.75, 3.05) is 13.2 Å². The third-order valence-electron chi connectivity index (χ3n) is 4.55. The summed E-state index contributed by atoms with van der Waals surface area (Å²) < 4.78 is 11.2. The van der Waals surface area contributed by atoms with Crippen LogP contribution in [0.5, 0.6) is 0 Å². The second kappa shape index (κ2) is 11.2. The van der Waals surface area contributed by atoms with E-state index in [1.165, 1.54) is 4.90 Å². The van der Waals surface area contributed by atoms with E-state index < -0.39 is 23.4 Å². The molecule has 29 heavy (non-hydrogen) atoms. The summed E-state index contributed by atoms with van der Waals surface area (Å²) in [4.78, 5) is 24.5. The number of carbonyl (C=O) groups excluding carboxylic acids is 1. The van der Waals surface area contributed by atoms with Crippen molar-refractivity contribution in [1.29, 1.82) is 5.41 Å². The largest absolute Gasteiger partial charge is 0.445 e. The van der Waals surface area contributed by atoms with Crippen LogP contribution in [0.3, 0.4) is 0 Å². The highest BCUT2D eigenvalue weighted by Crippen LogP contribution is 2.20. The molecule has 2 rings (SSSR count). The van der Waals surface area contributed by atoms with E-state index in [0.717, 1.165) is 12.0 Å². The summed E-state index contributed by atoms with van der Waals surface area (Å²) in [6.07, 6.45) is 0.786. The van der Waals surface area contributed by atoms with Gasteiger partial charge in [0.05, 0.1) is 6.04 Å². The van der Waals surface area contributed by atoms with Crippen molar-refractivity contribution in [1.82, 2.24) is 15.6 Å². The Morgan fingerprint density at radius 3 is 2.76 bits per heavy atom. The molecule has 1 aliphatic heterocycles. The number of amides is 1. The van der Waals surface area contributed by atoms with E-state index >= 15 is 0 Å². The predicted octanol–water partition coefficient (Wildman–Crippen LogP) is 2.48. The zero-order valence-electron chi connectivity index (χ0n) is 16.8. The van der Waals surface area contributed by atoms with Gasteiger partial charge in [-0.2, -0.15) is 0 Å². The lowest BCUT2D eigenvalue weighted by Crippen LogP contribution is -2.60. The Balaban J connectivity index is 1.99. The minimum Gasteiger partial charge on any atom is -0.445 e. The number of piperidine rings is 1. The van der Waals surface area contributed by atoms with E-state index in [2.05, 4.69) is 19.2 Å². The van der Waals surface area contributed by atoms with Gasteiger partial charge in [-0.15, -0.1) is 0 Å². The van der Waals surface area contributed by atoms with Gasteiger partial charge in [0.25, 0.3) is 5.96 Å². The van der Waals surface area contributed by atoms with Crippen molar-refractivity contribution in [3.63, 3.8) is 0 Å². The van der Waals surface area contributed by atoms with Crippen LogP contribution < -0.4 is 10.7 Å². The number of carbonyl (C=O) groups is 1. The van der Waals surface area contributed by atoms with Gasteiger partial charge < -0.3 is 19.7 Å². The summed E-state index contributed by atoms with van der Waals surface area (Å²) in [5.41, 5.74) is 2.74. The topological polar surface area (TPSA) is 130 Å². The maximum absolute atomic E-state index is 12.3.